The molecule has 2 rings (SSSR count). The molecule has 1 amide bonds. The molecule has 0 aromatic heterocycles. The summed E-state index contributed by atoms with van der Waals surface area (Å²) in [7, 11) is 0. The van der Waals surface area contributed by atoms with Gasteiger partial charge in [0.05, 0.1) is 18.8 Å². The Hall–Kier alpha value is -2.93. The molecule has 13 heteroatoms. The molecule has 0 radical (unpaired) electrons. The largest absolute Gasteiger partial charge is 0.463 e. The van der Waals surface area contributed by atoms with Crippen LogP contribution in [0.15, 0.2) is 0 Å². The normalized spacial score (nSPS) is 27.9. The third-order valence-electron chi connectivity index (χ3n) is 6.28. The third kappa shape index (κ3) is 9.61. The number of esters is 4. The number of hydrogen-bond acceptors (Lipinski definition) is 12. The first kappa shape index (κ1) is 33.3. The van der Waals surface area contributed by atoms with Crippen molar-refractivity contribution in [1.29, 1.82) is 0 Å². The van der Waals surface area contributed by atoms with Crippen molar-refractivity contribution in [3.63, 3.8) is 0 Å². The zero-order valence-corrected chi connectivity index (χ0v) is 24.8. The monoisotopic (exact) mass is 573 g/mol. The minimum atomic E-state index is -1.21. The highest BCUT2D eigenvalue weighted by molar-refractivity contribution is 5.70. The van der Waals surface area contributed by atoms with Gasteiger partial charge in [-0.2, -0.15) is 0 Å². The lowest BCUT2D eigenvalue weighted by Crippen LogP contribution is -2.62. The van der Waals surface area contributed by atoms with Gasteiger partial charge in [-0.15, -0.1) is 0 Å². The quantitative estimate of drug-likeness (QED) is 0.294. The Morgan fingerprint density at radius 2 is 1.32 bits per heavy atom. The fourth-order valence-electron chi connectivity index (χ4n) is 4.88. The van der Waals surface area contributed by atoms with Gasteiger partial charge in [-0.05, 0) is 53.9 Å². The molecule has 228 valence electrons. The van der Waals surface area contributed by atoms with Crippen LogP contribution in [0.5, 0.6) is 0 Å². The number of carbonyl (C=O) groups excluding carboxylic acids is 5. The van der Waals surface area contributed by atoms with Crippen molar-refractivity contribution in [3.05, 3.63) is 0 Å². The predicted octanol–water partition coefficient (Wildman–Crippen LogP) is 2.65. The molecule has 0 aromatic rings. The van der Waals surface area contributed by atoms with E-state index in [1.54, 1.807) is 39.5 Å². The number of ether oxygens (including phenoxy) is 7. The molecular weight excluding hydrogens is 530 g/mol. The number of rotatable bonds is 9. The van der Waals surface area contributed by atoms with E-state index in [1.807, 2.05) is 0 Å². The second kappa shape index (κ2) is 13.6. The van der Waals surface area contributed by atoms with Crippen molar-refractivity contribution >= 4 is 30.0 Å². The summed E-state index contributed by atoms with van der Waals surface area (Å²) in [4.78, 5) is 62.0. The molecule has 2 fully saturated rings. The summed E-state index contributed by atoms with van der Waals surface area (Å²) in [6.45, 7) is 13.7. The van der Waals surface area contributed by atoms with Crippen LogP contribution in [-0.4, -0.2) is 96.0 Å². The van der Waals surface area contributed by atoms with Gasteiger partial charge < -0.3 is 33.2 Å². The first-order valence-electron chi connectivity index (χ1n) is 13.4. The molecule has 0 aromatic carbocycles. The van der Waals surface area contributed by atoms with Crippen LogP contribution in [0.25, 0.3) is 0 Å². The Morgan fingerprint density at radius 3 is 1.82 bits per heavy atom. The fourth-order valence-corrected chi connectivity index (χ4v) is 4.88. The molecule has 40 heavy (non-hydrogen) atoms. The van der Waals surface area contributed by atoms with E-state index in [9.17, 15) is 24.0 Å². The highest BCUT2D eigenvalue weighted by Gasteiger charge is 2.52. The smallest absolute Gasteiger partial charge is 0.412 e. The van der Waals surface area contributed by atoms with Gasteiger partial charge in [0.15, 0.2) is 18.3 Å². The average molecular weight is 574 g/mol. The zero-order valence-electron chi connectivity index (χ0n) is 24.8. The maximum Gasteiger partial charge on any atom is 0.412 e. The SMILES string of the molecule is CC(=O)OC[C@H]1O[C@H](CCC[C@H]2COC(C)(C)N2C(=O)OC(C)(C)C)[C@H](OC(C)=O)[C@@H](OC(C)=O)[C@@H]1OC(C)=O. The Kier molecular flexibility index (Phi) is 11.3. The van der Waals surface area contributed by atoms with Crippen molar-refractivity contribution in [3.8, 4) is 0 Å². The van der Waals surface area contributed by atoms with Gasteiger partial charge in [-0.1, -0.05) is 0 Å². The van der Waals surface area contributed by atoms with Crippen molar-refractivity contribution in [2.24, 2.45) is 0 Å². The standard InChI is InChI=1S/C27H43NO12/c1-15(29)34-14-21-23(37-17(3)31)24(38-18(4)32)22(36-16(2)30)20(39-21)12-10-11-19-13-35-27(8,9)28(19)25(33)40-26(5,6)7/h19-24H,10-14H2,1-9H3/t19-,20+,21+,22-,23+,24+/m0/s1. The van der Waals surface area contributed by atoms with Gasteiger partial charge in [0.25, 0.3) is 0 Å². The summed E-state index contributed by atoms with van der Waals surface area (Å²) in [6, 6.07) is -0.296. The highest BCUT2D eigenvalue weighted by Crippen LogP contribution is 2.34. The van der Waals surface area contributed by atoms with E-state index in [2.05, 4.69) is 0 Å². The van der Waals surface area contributed by atoms with Crippen LogP contribution in [-0.2, 0) is 52.3 Å². The van der Waals surface area contributed by atoms with Gasteiger partial charge in [-0.25, -0.2) is 4.79 Å². The molecule has 0 unspecified atom stereocenters. The van der Waals surface area contributed by atoms with E-state index < -0.39 is 71.8 Å². The molecule has 2 aliphatic rings. The number of amides is 1. The van der Waals surface area contributed by atoms with E-state index in [1.165, 1.54) is 27.7 Å². The van der Waals surface area contributed by atoms with Crippen LogP contribution in [0, 0.1) is 0 Å². The summed E-state index contributed by atoms with van der Waals surface area (Å²) < 4.78 is 39.2. The van der Waals surface area contributed by atoms with Gasteiger partial charge in [-0.3, -0.25) is 24.1 Å². The van der Waals surface area contributed by atoms with Crippen LogP contribution in [0.2, 0.25) is 0 Å². The Morgan fingerprint density at radius 1 is 0.800 bits per heavy atom. The molecule has 0 saturated carbocycles. The molecular formula is C27H43NO12. The summed E-state index contributed by atoms with van der Waals surface area (Å²) >= 11 is 0. The van der Waals surface area contributed by atoms with E-state index in [0.717, 1.165) is 0 Å². The summed E-state index contributed by atoms with van der Waals surface area (Å²) in [6.07, 6.45) is -4.55. The number of hydrogen-bond donors (Lipinski definition) is 0. The molecule has 0 spiro atoms. The molecule has 6 atom stereocenters. The topological polar surface area (TPSA) is 153 Å². The van der Waals surface area contributed by atoms with E-state index >= 15 is 0 Å². The van der Waals surface area contributed by atoms with Crippen LogP contribution in [0.3, 0.4) is 0 Å². The van der Waals surface area contributed by atoms with Crippen molar-refractivity contribution < 1.29 is 57.1 Å². The lowest BCUT2D eigenvalue weighted by atomic mass is 9.91. The average Bonchev–Trinajstić information content (AvgIpc) is 3.08. The minimum Gasteiger partial charge on any atom is -0.463 e. The summed E-state index contributed by atoms with van der Waals surface area (Å²) in [5.41, 5.74) is -1.56. The molecule has 13 nitrogen and oxygen atoms in total. The molecule has 0 aliphatic carbocycles. The summed E-state index contributed by atoms with van der Waals surface area (Å²) in [5.74, 6) is -2.62. The second-order valence-corrected chi connectivity index (χ2v) is 11.4. The Balaban J connectivity index is 2.27. The van der Waals surface area contributed by atoms with Gasteiger partial charge in [0.1, 0.15) is 24.0 Å². The first-order valence-corrected chi connectivity index (χ1v) is 13.4. The first-order chi connectivity index (χ1) is 18.4. The van der Waals surface area contributed by atoms with Crippen molar-refractivity contribution in [2.45, 2.75) is 129 Å². The molecule has 2 saturated heterocycles. The minimum absolute atomic E-state index is 0.286. The lowest BCUT2D eigenvalue weighted by molar-refractivity contribution is -0.253. The molecule has 0 N–H and O–H groups in total. The second-order valence-electron chi connectivity index (χ2n) is 11.4. The maximum atomic E-state index is 13.0. The van der Waals surface area contributed by atoms with E-state index in [4.69, 9.17) is 33.2 Å². The van der Waals surface area contributed by atoms with E-state index in [-0.39, 0.29) is 12.6 Å². The zero-order chi connectivity index (χ0) is 30.4. The van der Waals surface area contributed by atoms with Crippen molar-refractivity contribution in [1.82, 2.24) is 4.90 Å². The number of carbonyl (C=O) groups is 5. The summed E-state index contributed by atoms with van der Waals surface area (Å²) in [5, 5.41) is 0. The Labute approximate surface area is 235 Å². The fraction of sp³-hybridized carbons (Fsp3) is 0.815. The molecule has 2 aliphatic heterocycles. The predicted molar refractivity (Wildman–Crippen MR) is 138 cm³/mol. The van der Waals surface area contributed by atoms with Crippen LogP contribution in [0.4, 0.5) is 4.79 Å². The third-order valence-corrected chi connectivity index (χ3v) is 6.28. The van der Waals surface area contributed by atoms with Gasteiger partial charge in [0.2, 0.25) is 0 Å². The van der Waals surface area contributed by atoms with Gasteiger partial charge in [0, 0.05) is 27.7 Å². The van der Waals surface area contributed by atoms with Crippen LogP contribution in [0.1, 0.15) is 81.6 Å². The highest BCUT2D eigenvalue weighted by atomic mass is 16.7. The molecule has 2 heterocycles. The van der Waals surface area contributed by atoms with Crippen molar-refractivity contribution in [2.75, 3.05) is 13.2 Å². The Bertz CT molecular complexity index is 942. The van der Waals surface area contributed by atoms with Gasteiger partial charge >= 0.3 is 30.0 Å². The lowest BCUT2D eigenvalue weighted by Gasteiger charge is -2.44. The van der Waals surface area contributed by atoms with Crippen LogP contribution >= 0.6 is 0 Å². The van der Waals surface area contributed by atoms with E-state index in [0.29, 0.717) is 25.9 Å². The number of nitrogens with zero attached hydrogens (tertiary/aromatic N) is 1. The molecule has 0 bridgehead atoms. The van der Waals surface area contributed by atoms with Crippen LogP contribution < -0.4 is 0 Å². The maximum absolute atomic E-state index is 13.0.